The van der Waals surface area contributed by atoms with Gasteiger partial charge in [-0.05, 0) is 29.3 Å². The van der Waals surface area contributed by atoms with Crippen molar-refractivity contribution in [3.05, 3.63) is 42.0 Å². The highest BCUT2D eigenvalue weighted by Gasteiger charge is 2.33. The summed E-state index contributed by atoms with van der Waals surface area (Å²) < 4.78 is 28.6. The topological polar surface area (TPSA) is 63.7 Å². The minimum Gasteiger partial charge on any atom is -0.496 e. The zero-order valence-corrected chi connectivity index (χ0v) is 14.0. The Morgan fingerprint density at radius 2 is 1.87 bits per heavy atom. The van der Waals surface area contributed by atoms with E-state index >= 15 is 0 Å². The van der Waals surface area contributed by atoms with Gasteiger partial charge >= 0.3 is 0 Å². The summed E-state index contributed by atoms with van der Waals surface area (Å²) in [7, 11) is 0.152. The molecule has 1 aliphatic heterocycles. The summed E-state index contributed by atoms with van der Waals surface area (Å²) >= 11 is 0. The fourth-order valence-corrected chi connectivity index (χ4v) is 4.77. The first kappa shape index (κ1) is 15.8. The Labute approximate surface area is 135 Å². The van der Waals surface area contributed by atoms with Gasteiger partial charge in [-0.2, -0.15) is 0 Å². The molecule has 3 rings (SSSR count). The number of ether oxygens (including phenoxy) is 1. The summed E-state index contributed by atoms with van der Waals surface area (Å²) in [5.41, 5.74) is 0.456. The molecule has 1 saturated heterocycles. The highest BCUT2D eigenvalue weighted by molar-refractivity contribution is 7.91. The van der Waals surface area contributed by atoms with E-state index in [0.29, 0.717) is 17.7 Å². The van der Waals surface area contributed by atoms with Crippen molar-refractivity contribution in [1.29, 1.82) is 0 Å². The molecule has 2 aromatic carbocycles. The number of methoxy groups -OCH3 is 1. The van der Waals surface area contributed by atoms with Crippen LogP contribution in [0.5, 0.6) is 5.75 Å². The van der Waals surface area contributed by atoms with Crippen molar-refractivity contribution in [1.82, 2.24) is 4.90 Å². The number of carbonyl (C=O) groups is 1. The number of benzene rings is 2. The maximum Gasteiger partial charge on any atom is 0.257 e. The standard InChI is InChI=1S/C17H19NO4S/c1-18(14-7-8-23(20,21)11-14)17(19)15-9-12-5-3-4-6-13(12)10-16(15)22-2/h3-6,9-10,14H,7-8,11H2,1-2H3. The average Bonchev–Trinajstić information content (AvgIpc) is 2.92. The molecule has 1 unspecified atom stereocenters. The smallest absolute Gasteiger partial charge is 0.257 e. The van der Waals surface area contributed by atoms with E-state index in [1.54, 1.807) is 13.1 Å². The molecule has 0 bridgehead atoms. The maximum atomic E-state index is 12.8. The number of carbonyl (C=O) groups excluding carboxylic acids is 1. The maximum absolute atomic E-state index is 12.8. The van der Waals surface area contributed by atoms with Crippen molar-refractivity contribution in [2.75, 3.05) is 25.7 Å². The van der Waals surface area contributed by atoms with E-state index in [4.69, 9.17) is 4.74 Å². The number of fused-ring (bicyclic) bond motifs is 1. The van der Waals surface area contributed by atoms with Crippen molar-refractivity contribution in [3.8, 4) is 5.75 Å². The Bertz CT molecular complexity index is 860. The second kappa shape index (κ2) is 5.85. The van der Waals surface area contributed by atoms with E-state index in [9.17, 15) is 13.2 Å². The van der Waals surface area contributed by atoms with Crippen LogP contribution in [0.4, 0.5) is 0 Å². The molecule has 1 amide bonds. The molecule has 1 aliphatic rings. The summed E-state index contributed by atoms with van der Waals surface area (Å²) in [5.74, 6) is 0.464. The predicted octanol–water partition coefficient (Wildman–Crippen LogP) is 2.11. The Hall–Kier alpha value is -2.08. The zero-order chi connectivity index (χ0) is 16.6. The normalized spacial score (nSPS) is 19.7. The molecule has 5 nitrogen and oxygen atoms in total. The summed E-state index contributed by atoms with van der Waals surface area (Å²) in [5, 5.41) is 1.94. The second-order valence-electron chi connectivity index (χ2n) is 5.87. The first-order valence-electron chi connectivity index (χ1n) is 7.45. The van der Waals surface area contributed by atoms with Gasteiger partial charge in [-0.25, -0.2) is 8.42 Å². The van der Waals surface area contributed by atoms with Gasteiger partial charge < -0.3 is 9.64 Å². The minimum absolute atomic E-state index is 0.0329. The fraction of sp³-hybridized carbons (Fsp3) is 0.353. The Morgan fingerprint density at radius 1 is 1.22 bits per heavy atom. The average molecular weight is 333 g/mol. The van der Waals surface area contributed by atoms with Crippen LogP contribution in [0.3, 0.4) is 0 Å². The molecule has 1 atom stereocenters. The van der Waals surface area contributed by atoms with Gasteiger partial charge in [-0.15, -0.1) is 0 Å². The molecule has 0 aromatic heterocycles. The second-order valence-corrected chi connectivity index (χ2v) is 8.10. The van der Waals surface area contributed by atoms with Crippen LogP contribution in [-0.4, -0.2) is 50.9 Å². The van der Waals surface area contributed by atoms with E-state index in [1.165, 1.54) is 12.0 Å². The zero-order valence-electron chi connectivity index (χ0n) is 13.2. The largest absolute Gasteiger partial charge is 0.496 e. The first-order valence-corrected chi connectivity index (χ1v) is 9.28. The molecule has 0 N–H and O–H groups in total. The molecule has 6 heteroatoms. The van der Waals surface area contributed by atoms with Crippen LogP contribution in [0.25, 0.3) is 10.8 Å². The summed E-state index contributed by atoms with van der Waals surface area (Å²) in [6.07, 6.45) is 0.487. The Balaban J connectivity index is 1.96. The van der Waals surface area contributed by atoms with Crippen LogP contribution < -0.4 is 4.74 Å². The predicted molar refractivity (Wildman–Crippen MR) is 89.7 cm³/mol. The van der Waals surface area contributed by atoms with Gasteiger partial charge in [0.25, 0.3) is 5.91 Å². The van der Waals surface area contributed by atoms with E-state index in [-0.39, 0.29) is 23.5 Å². The van der Waals surface area contributed by atoms with E-state index < -0.39 is 9.84 Å². The lowest BCUT2D eigenvalue weighted by Gasteiger charge is -2.24. The van der Waals surface area contributed by atoms with Crippen LogP contribution in [0.1, 0.15) is 16.8 Å². The van der Waals surface area contributed by atoms with E-state index in [0.717, 1.165) is 10.8 Å². The highest BCUT2D eigenvalue weighted by Crippen LogP contribution is 2.28. The molecule has 23 heavy (non-hydrogen) atoms. The Morgan fingerprint density at radius 3 is 2.43 bits per heavy atom. The molecule has 2 aromatic rings. The van der Waals surface area contributed by atoms with Gasteiger partial charge in [0.1, 0.15) is 5.75 Å². The molecule has 0 saturated carbocycles. The van der Waals surface area contributed by atoms with Crippen molar-refractivity contribution < 1.29 is 17.9 Å². The quantitative estimate of drug-likeness (QED) is 0.863. The molecule has 122 valence electrons. The van der Waals surface area contributed by atoms with Gasteiger partial charge in [0.2, 0.25) is 0 Å². The fourth-order valence-electron chi connectivity index (χ4n) is 2.99. The number of sulfone groups is 1. The highest BCUT2D eigenvalue weighted by atomic mass is 32.2. The van der Waals surface area contributed by atoms with Gasteiger partial charge in [0.15, 0.2) is 9.84 Å². The van der Waals surface area contributed by atoms with Crippen LogP contribution >= 0.6 is 0 Å². The molecular weight excluding hydrogens is 314 g/mol. The number of amides is 1. The molecular formula is C17H19NO4S. The van der Waals surface area contributed by atoms with Crippen molar-refractivity contribution in [2.24, 2.45) is 0 Å². The number of hydrogen-bond acceptors (Lipinski definition) is 4. The third kappa shape index (κ3) is 3.03. The van der Waals surface area contributed by atoms with Crippen LogP contribution in [0.2, 0.25) is 0 Å². The third-order valence-electron chi connectivity index (χ3n) is 4.37. The van der Waals surface area contributed by atoms with Gasteiger partial charge in [0.05, 0.1) is 24.2 Å². The van der Waals surface area contributed by atoms with Crippen molar-refractivity contribution in [2.45, 2.75) is 12.5 Å². The van der Waals surface area contributed by atoms with Crippen LogP contribution in [0.15, 0.2) is 36.4 Å². The molecule has 0 spiro atoms. The van der Waals surface area contributed by atoms with E-state index in [2.05, 4.69) is 0 Å². The summed E-state index contributed by atoms with van der Waals surface area (Å²) in [4.78, 5) is 14.3. The third-order valence-corrected chi connectivity index (χ3v) is 6.13. The van der Waals surface area contributed by atoms with Crippen LogP contribution in [0, 0.1) is 0 Å². The number of rotatable bonds is 3. The summed E-state index contributed by atoms with van der Waals surface area (Å²) in [6.45, 7) is 0. The lowest BCUT2D eigenvalue weighted by Crippen LogP contribution is -2.38. The molecule has 0 aliphatic carbocycles. The molecule has 1 fully saturated rings. The molecule has 0 radical (unpaired) electrons. The van der Waals surface area contributed by atoms with Gasteiger partial charge in [0, 0.05) is 13.1 Å². The van der Waals surface area contributed by atoms with Gasteiger partial charge in [-0.1, -0.05) is 24.3 Å². The number of hydrogen-bond donors (Lipinski definition) is 0. The lowest BCUT2D eigenvalue weighted by atomic mass is 10.0. The van der Waals surface area contributed by atoms with E-state index in [1.807, 2.05) is 30.3 Å². The number of nitrogens with zero attached hydrogens (tertiary/aromatic N) is 1. The lowest BCUT2D eigenvalue weighted by molar-refractivity contribution is 0.0744. The SMILES string of the molecule is COc1cc2ccccc2cc1C(=O)N(C)C1CCS(=O)(=O)C1. The van der Waals surface area contributed by atoms with Crippen molar-refractivity contribution >= 4 is 26.5 Å². The monoisotopic (exact) mass is 333 g/mol. The van der Waals surface area contributed by atoms with Crippen molar-refractivity contribution in [3.63, 3.8) is 0 Å². The van der Waals surface area contributed by atoms with Crippen LogP contribution in [-0.2, 0) is 9.84 Å². The Kier molecular flexibility index (Phi) is 4.02. The first-order chi connectivity index (χ1) is 10.9. The minimum atomic E-state index is -3.03. The molecule has 1 heterocycles. The van der Waals surface area contributed by atoms with Gasteiger partial charge in [-0.3, -0.25) is 4.79 Å². The summed E-state index contributed by atoms with van der Waals surface area (Å²) in [6, 6.07) is 11.1.